The molecule has 260 valence electrons. The van der Waals surface area contributed by atoms with E-state index in [-0.39, 0.29) is 46.9 Å². The number of Topliss-reactive ketones (excluding diaryl/α,β-unsaturated/α-hetero) is 2. The molecule has 3 fully saturated rings. The van der Waals surface area contributed by atoms with Gasteiger partial charge in [0.05, 0.1) is 23.2 Å². The number of benzene rings is 1. The molecule has 1 saturated heterocycles. The number of hydrogen-bond acceptors (Lipinski definition) is 11. The first-order chi connectivity index (χ1) is 22.5. The van der Waals surface area contributed by atoms with Crippen LogP contribution in [0.25, 0.3) is 5.76 Å². The van der Waals surface area contributed by atoms with Crippen LogP contribution < -0.4 is 16.0 Å². The number of aromatic hydroxyl groups is 1. The Bertz CT molecular complexity index is 1650. The normalized spacial score (nSPS) is 28.9. The molecule has 1 unspecified atom stereocenters. The molecule has 13 nitrogen and oxygen atoms in total. The van der Waals surface area contributed by atoms with Crippen molar-refractivity contribution in [3.8, 4) is 5.75 Å². The predicted molar refractivity (Wildman–Crippen MR) is 178 cm³/mol. The van der Waals surface area contributed by atoms with Gasteiger partial charge >= 0.3 is 0 Å². The number of anilines is 2. The number of nitrogens with one attached hydrogen (secondary N) is 1. The van der Waals surface area contributed by atoms with Crippen molar-refractivity contribution in [3.05, 3.63) is 34.1 Å². The Balaban J connectivity index is 1.34. The minimum atomic E-state index is -2.72. The highest BCUT2D eigenvalue weighted by Gasteiger charge is 2.64. The minimum Gasteiger partial charge on any atom is -0.508 e. The molecule has 4 atom stereocenters. The molecule has 6 rings (SSSR count). The number of primary amides is 1. The van der Waals surface area contributed by atoms with Gasteiger partial charge in [-0.15, -0.1) is 0 Å². The van der Waals surface area contributed by atoms with E-state index in [1.807, 2.05) is 0 Å². The molecular weight excluding hydrogens is 618 g/mol. The van der Waals surface area contributed by atoms with Crippen molar-refractivity contribution < 1.29 is 39.6 Å². The third kappa shape index (κ3) is 5.17. The SMILES string of the molecule is CN(C)c1cc(NC(=O)C2CN(CC3(C)CCCCC3)C2)c(O)c2c1C[C@H]1CC3[C@H](N(C)C)C(=O)C(C(N)=O)=C(O)[C@@]3(O)C(=O)C1=C2O. The standard InChI is InChI=1S/C35H47N5O8/c1-34(9-7-6-8-10-34)16-40-14-18(15-40)33(47)37-21-13-22(38(2)3)19-11-17-12-20-26(39(4)5)29(43)25(32(36)46)31(45)35(20,48)30(44)23(17)28(42)24(19)27(21)41/h13,17-18,20,26,41-42,45,48H,6-12,14-16H2,1-5H3,(H2,36,46)(H,37,47)/t17-,20?,26-,35-/m0/s1. The van der Waals surface area contributed by atoms with Crippen molar-refractivity contribution in [1.29, 1.82) is 0 Å². The highest BCUT2D eigenvalue weighted by atomic mass is 16.3. The number of fused-ring (bicyclic) bond motifs is 3. The van der Waals surface area contributed by atoms with Crippen LogP contribution in [-0.4, -0.2) is 113 Å². The van der Waals surface area contributed by atoms with Crippen molar-refractivity contribution in [2.24, 2.45) is 28.9 Å². The number of likely N-dealkylation sites (tertiary alicyclic amines) is 1. The van der Waals surface area contributed by atoms with Crippen molar-refractivity contribution in [1.82, 2.24) is 9.80 Å². The summed E-state index contributed by atoms with van der Waals surface area (Å²) in [6, 6.07) is 0.486. The molecule has 48 heavy (non-hydrogen) atoms. The van der Waals surface area contributed by atoms with Crippen LogP contribution in [0, 0.1) is 23.2 Å². The van der Waals surface area contributed by atoms with Gasteiger partial charge in [0, 0.05) is 50.9 Å². The summed E-state index contributed by atoms with van der Waals surface area (Å²) >= 11 is 0. The van der Waals surface area contributed by atoms with E-state index in [0.29, 0.717) is 24.3 Å². The predicted octanol–water partition coefficient (Wildman–Crippen LogP) is 1.87. The maximum absolute atomic E-state index is 14.2. The number of aliphatic hydroxyl groups is 3. The quantitative estimate of drug-likeness (QED) is 0.184. The number of carbonyl (C=O) groups is 4. The molecule has 5 aliphatic rings. The summed E-state index contributed by atoms with van der Waals surface area (Å²) < 4.78 is 0. The molecule has 7 N–H and O–H groups in total. The van der Waals surface area contributed by atoms with E-state index >= 15 is 0 Å². The van der Waals surface area contributed by atoms with Crippen LogP contribution in [0.15, 0.2) is 23.0 Å². The smallest absolute Gasteiger partial charge is 0.255 e. The third-order valence-corrected chi connectivity index (χ3v) is 11.4. The second kappa shape index (κ2) is 11.9. The fourth-order valence-corrected chi connectivity index (χ4v) is 8.99. The Labute approximate surface area is 280 Å². The highest BCUT2D eigenvalue weighted by Crippen LogP contribution is 2.54. The number of rotatable bonds is 7. The van der Waals surface area contributed by atoms with E-state index in [1.54, 1.807) is 39.2 Å². The van der Waals surface area contributed by atoms with Gasteiger partial charge in [-0.1, -0.05) is 26.2 Å². The number of aliphatic hydroxyl groups excluding tert-OH is 2. The first-order valence-electron chi connectivity index (χ1n) is 16.7. The van der Waals surface area contributed by atoms with Gasteiger partial charge in [0.15, 0.2) is 11.4 Å². The summed E-state index contributed by atoms with van der Waals surface area (Å²) in [7, 11) is 6.68. The Kier molecular flexibility index (Phi) is 8.40. The molecule has 0 aromatic heterocycles. The Morgan fingerprint density at radius 3 is 2.29 bits per heavy atom. The third-order valence-electron chi connectivity index (χ3n) is 11.4. The van der Waals surface area contributed by atoms with Crippen molar-refractivity contribution in [2.75, 3.05) is 58.0 Å². The largest absolute Gasteiger partial charge is 0.508 e. The van der Waals surface area contributed by atoms with Crippen LogP contribution in [0.2, 0.25) is 0 Å². The van der Waals surface area contributed by atoms with E-state index in [2.05, 4.69) is 17.1 Å². The van der Waals surface area contributed by atoms with Crippen LogP contribution in [0.1, 0.15) is 56.6 Å². The molecule has 0 spiro atoms. The Morgan fingerprint density at radius 1 is 1.06 bits per heavy atom. The zero-order valence-corrected chi connectivity index (χ0v) is 28.3. The van der Waals surface area contributed by atoms with E-state index in [0.717, 1.165) is 6.54 Å². The highest BCUT2D eigenvalue weighted by molar-refractivity contribution is 6.24. The van der Waals surface area contributed by atoms with E-state index in [1.165, 1.54) is 37.0 Å². The van der Waals surface area contributed by atoms with E-state index in [4.69, 9.17) is 5.73 Å². The number of likely N-dealkylation sites (N-methyl/N-ethyl adjacent to an activating group) is 1. The van der Waals surface area contributed by atoms with Gasteiger partial charge in [0.2, 0.25) is 11.7 Å². The molecule has 1 heterocycles. The fourth-order valence-electron chi connectivity index (χ4n) is 8.99. The first kappa shape index (κ1) is 33.9. The van der Waals surface area contributed by atoms with Crippen molar-refractivity contribution >= 4 is 40.5 Å². The van der Waals surface area contributed by atoms with Gasteiger partial charge < -0.3 is 41.3 Å². The summed E-state index contributed by atoms with van der Waals surface area (Å²) in [6.07, 6.45) is 6.27. The molecule has 0 radical (unpaired) electrons. The van der Waals surface area contributed by atoms with Gasteiger partial charge in [-0.3, -0.25) is 24.1 Å². The zero-order valence-electron chi connectivity index (χ0n) is 28.3. The van der Waals surface area contributed by atoms with Gasteiger partial charge in [-0.25, -0.2) is 0 Å². The second-order valence-corrected chi connectivity index (χ2v) is 15.3. The van der Waals surface area contributed by atoms with Crippen LogP contribution in [0.5, 0.6) is 5.75 Å². The maximum atomic E-state index is 14.2. The minimum absolute atomic E-state index is 0.00486. The summed E-state index contributed by atoms with van der Waals surface area (Å²) in [6.45, 7) is 4.49. The Hall–Kier alpha value is -3.94. The van der Waals surface area contributed by atoms with Gasteiger partial charge in [-0.05, 0) is 62.7 Å². The van der Waals surface area contributed by atoms with Crippen LogP contribution in [-0.2, 0) is 25.6 Å². The van der Waals surface area contributed by atoms with Crippen molar-refractivity contribution in [3.63, 3.8) is 0 Å². The van der Waals surface area contributed by atoms with E-state index < -0.39 is 63.8 Å². The molecule has 13 heteroatoms. The summed E-state index contributed by atoms with van der Waals surface area (Å²) in [5.41, 5.74) is 2.99. The molecule has 0 bridgehead atoms. The number of nitrogens with zero attached hydrogens (tertiary/aromatic N) is 3. The summed E-state index contributed by atoms with van der Waals surface area (Å²) in [5, 5.41) is 49.1. The number of phenolic OH excluding ortho intramolecular Hbond substituents is 1. The van der Waals surface area contributed by atoms with Crippen LogP contribution in [0.4, 0.5) is 11.4 Å². The monoisotopic (exact) mass is 665 g/mol. The maximum Gasteiger partial charge on any atom is 0.255 e. The molecule has 1 aromatic rings. The number of hydrogen-bond donors (Lipinski definition) is 6. The lowest BCUT2D eigenvalue weighted by atomic mass is 9.57. The average Bonchev–Trinajstić information content (AvgIpc) is 2.97. The van der Waals surface area contributed by atoms with Crippen LogP contribution in [0.3, 0.4) is 0 Å². The molecule has 1 aliphatic heterocycles. The topological polar surface area (TPSA) is 197 Å². The lowest BCUT2D eigenvalue weighted by Gasteiger charge is -2.50. The lowest BCUT2D eigenvalue weighted by molar-refractivity contribution is -0.153. The number of nitrogens with two attached hydrogens (primary N) is 1. The van der Waals surface area contributed by atoms with Crippen molar-refractivity contribution in [2.45, 2.75) is 63.5 Å². The van der Waals surface area contributed by atoms with E-state index in [9.17, 15) is 39.6 Å². The number of carbonyl (C=O) groups excluding carboxylic acids is 4. The number of ketones is 2. The summed E-state index contributed by atoms with van der Waals surface area (Å²) in [5.74, 6) is -7.72. The lowest BCUT2D eigenvalue weighted by Crippen LogP contribution is -2.65. The Morgan fingerprint density at radius 2 is 1.71 bits per heavy atom. The molecule has 2 amide bonds. The number of phenols is 1. The average molecular weight is 666 g/mol. The fraction of sp³-hybridized carbons (Fsp3) is 0.600. The molecule has 4 aliphatic carbocycles. The summed E-state index contributed by atoms with van der Waals surface area (Å²) in [4.78, 5) is 58.7. The first-order valence-corrected chi connectivity index (χ1v) is 16.7. The molecule has 2 saturated carbocycles. The molecule has 1 aromatic carbocycles. The molecular formula is C35H47N5O8. The van der Waals surface area contributed by atoms with Gasteiger partial charge in [-0.2, -0.15) is 0 Å². The van der Waals surface area contributed by atoms with Gasteiger partial charge in [0.1, 0.15) is 22.8 Å². The van der Waals surface area contributed by atoms with Gasteiger partial charge in [0.25, 0.3) is 5.91 Å². The van der Waals surface area contributed by atoms with Crippen LogP contribution >= 0.6 is 0 Å². The zero-order chi connectivity index (χ0) is 35.0. The number of amides is 2. The second-order valence-electron chi connectivity index (χ2n) is 15.3.